The van der Waals surface area contributed by atoms with Crippen LogP contribution in [-0.4, -0.2) is 4.98 Å². The Morgan fingerprint density at radius 2 is 1.80 bits per heavy atom. The molecule has 1 heterocycles. The van der Waals surface area contributed by atoms with Gasteiger partial charge >= 0.3 is 6.18 Å². The van der Waals surface area contributed by atoms with Crippen LogP contribution in [0.1, 0.15) is 11.1 Å². The first kappa shape index (κ1) is 14.9. The van der Waals surface area contributed by atoms with Gasteiger partial charge in [0.1, 0.15) is 10.8 Å². The van der Waals surface area contributed by atoms with Gasteiger partial charge in [-0.1, -0.05) is 11.6 Å². The van der Waals surface area contributed by atoms with Gasteiger partial charge in [-0.25, -0.2) is 4.98 Å². The zero-order valence-corrected chi connectivity index (χ0v) is 11.4. The molecule has 0 amide bonds. The fourth-order valence-electron chi connectivity index (χ4n) is 1.44. The zero-order valence-electron chi connectivity index (χ0n) is 9.92. The average Bonchev–Trinajstić information content (AvgIpc) is 2.40. The van der Waals surface area contributed by atoms with E-state index in [1.165, 1.54) is 18.3 Å². The van der Waals surface area contributed by atoms with E-state index in [2.05, 4.69) is 4.98 Å². The van der Waals surface area contributed by atoms with E-state index in [9.17, 15) is 13.2 Å². The highest BCUT2D eigenvalue weighted by Gasteiger charge is 2.30. The van der Waals surface area contributed by atoms with Crippen LogP contribution in [-0.2, 0) is 12.1 Å². The SMILES string of the molecule is FC(F)(F)c1ccc(Oc2ncc(CCl)cc2Cl)cc1. The van der Waals surface area contributed by atoms with E-state index < -0.39 is 11.7 Å². The fraction of sp³-hybridized carbons (Fsp3) is 0.154. The first-order chi connectivity index (χ1) is 9.40. The molecule has 0 saturated heterocycles. The van der Waals surface area contributed by atoms with E-state index >= 15 is 0 Å². The summed E-state index contributed by atoms with van der Waals surface area (Å²) in [6.45, 7) is 0. The monoisotopic (exact) mass is 321 g/mol. The standard InChI is InChI=1S/C13H8Cl2F3NO/c14-6-8-5-11(15)12(19-7-8)20-10-3-1-9(2-4-10)13(16,17)18/h1-5,7H,6H2. The van der Waals surface area contributed by atoms with Crippen molar-refractivity contribution >= 4 is 23.2 Å². The number of aromatic nitrogens is 1. The third kappa shape index (κ3) is 3.55. The number of hydrogen-bond donors (Lipinski definition) is 0. The molecule has 0 aliphatic heterocycles. The Balaban J connectivity index is 2.18. The molecule has 0 spiro atoms. The number of nitrogens with zero attached hydrogens (tertiary/aromatic N) is 1. The second-order valence-electron chi connectivity index (χ2n) is 3.89. The lowest BCUT2D eigenvalue weighted by molar-refractivity contribution is -0.137. The summed E-state index contributed by atoms with van der Waals surface area (Å²) in [6, 6.07) is 5.85. The number of halogens is 5. The fourth-order valence-corrected chi connectivity index (χ4v) is 1.81. The third-order valence-corrected chi connectivity index (χ3v) is 2.99. The van der Waals surface area contributed by atoms with Gasteiger partial charge in [0.05, 0.1) is 5.56 Å². The largest absolute Gasteiger partial charge is 0.438 e. The molecule has 106 valence electrons. The normalized spacial score (nSPS) is 11.4. The van der Waals surface area contributed by atoms with E-state index in [0.717, 1.165) is 17.7 Å². The van der Waals surface area contributed by atoms with Gasteiger partial charge in [-0.3, -0.25) is 0 Å². The molecule has 0 aliphatic rings. The quantitative estimate of drug-likeness (QED) is 0.717. The number of hydrogen-bond acceptors (Lipinski definition) is 2. The molecule has 2 rings (SSSR count). The average molecular weight is 322 g/mol. The van der Waals surface area contributed by atoms with E-state index in [1.54, 1.807) is 6.07 Å². The first-order valence-corrected chi connectivity index (χ1v) is 6.37. The van der Waals surface area contributed by atoms with Crippen molar-refractivity contribution in [1.82, 2.24) is 4.98 Å². The van der Waals surface area contributed by atoms with Crippen molar-refractivity contribution in [2.24, 2.45) is 0 Å². The van der Waals surface area contributed by atoms with Crippen LogP contribution < -0.4 is 4.74 Å². The van der Waals surface area contributed by atoms with Crippen molar-refractivity contribution in [2.75, 3.05) is 0 Å². The third-order valence-electron chi connectivity index (χ3n) is 2.41. The van der Waals surface area contributed by atoms with E-state index in [4.69, 9.17) is 27.9 Å². The molecule has 0 saturated carbocycles. The summed E-state index contributed by atoms with van der Waals surface area (Å²) >= 11 is 11.6. The maximum absolute atomic E-state index is 12.4. The Bertz CT molecular complexity index is 600. The molecule has 7 heteroatoms. The molecule has 20 heavy (non-hydrogen) atoms. The molecule has 0 bridgehead atoms. The lowest BCUT2D eigenvalue weighted by atomic mass is 10.2. The Kier molecular flexibility index (Phi) is 4.40. The summed E-state index contributed by atoms with van der Waals surface area (Å²) in [5.74, 6) is 0.583. The summed E-state index contributed by atoms with van der Waals surface area (Å²) in [5, 5.41) is 0.239. The maximum atomic E-state index is 12.4. The van der Waals surface area contributed by atoms with Crippen molar-refractivity contribution in [3.8, 4) is 11.6 Å². The maximum Gasteiger partial charge on any atom is 0.416 e. The number of benzene rings is 1. The molecule has 0 aliphatic carbocycles. The van der Waals surface area contributed by atoms with Gasteiger partial charge in [0.25, 0.3) is 0 Å². The van der Waals surface area contributed by atoms with Crippen LogP contribution in [0.5, 0.6) is 11.6 Å². The van der Waals surface area contributed by atoms with Crippen molar-refractivity contribution < 1.29 is 17.9 Å². The van der Waals surface area contributed by atoms with Crippen molar-refractivity contribution in [3.05, 3.63) is 52.7 Å². The molecule has 0 unspecified atom stereocenters. The Morgan fingerprint density at radius 1 is 1.15 bits per heavy atom. The first-order valence-electron chi connectivity index (χ1n) is 5.45. The van der Waals surface area contributed by atoms with Crippen molar-refractivity contribution in [3.63, 3.8) is 0 Å². The van der Waals surface area contributed by atoms with E-state index in [1.807, 2.05) is 0 Å². The zero-order chi connectivity index (χ0) is 14.8. The molecule has 0 radical (unpaired) electrons. The summed E-state index contributed by atoms with van der Waals surface area (Å²) < 4.78 is 42.5. The summed E-state index contributed by atoms with van der Waals surface area (Å²) in [6.07, 6.45) is -2.89. The van der Waals surface area contributed by atoms with Crippen molar-refractivity contribution in [2.45, 2.75) is 12.1 Å². The topological polar surface area (TPSA) is 22.1 Å². The minimum atomic E-state index is -4.38. The molecular formula is C13H8Cl2F3NO. The van der Waals surface area contributed by atoms with Gasteiger partial charge in [0.15, 0.2) is 0 Å². The van der Waals surface area contributed by atoms with Crippen LogP contribution in [0, 0.1) is 0 Å². The Labute approximate surface area is 123 Å². The number of alkyl halides is 4. The summed E-state index contributed by atoms with van der Waals surface area (Å²) in [7, 11) is 0. The summed E-state index contributed by atoms with van der Waals surface area (Å²) in [4.78, 5) is 3.95. The number of rotatable bonds is 3. The lowest BCUT2D eigenvalue weighted by Crippen LogP contribution is -2.04. The smallest absolute Gasteiger partial charge is 0.416 e. The second-order valence-corrected chi connectivity index (χ2v) is 4.56. The highest BCUT2D eigenvalue weighted by molar-refractivity contribution is 6.32. The number of ether oxygens (including phenoxy) is 1. The summed E-state index contributed by atoms with van der Waals surface area (Å²) in [5.41, 5.74) is -0.0298. The molecule has 1 aromatic carbocycles. The molecule has 0 atom stereocenters. The second kappa shape index (κ2) is 5.89. The van der Waals surface area contributed by atoms with Gasteiger partial charge in [0, 0.05) is 12.1 Å². The van der Waals surface area contributed by atoms with Crippen molar-refractivity contribution in [1.29, 1.82) is 0 Å². The minimum absolute atomic E-state index is 0.111. The van der Waals surface area contributed by atoms with Crippen LogP contribution in [0.2, 0.25) is 5.02 Å². The molecule has 2 nitrogen and oxygen atoms in total. The van der Waals surface area contributed by atoms with Gasteiger partial charge in [-0.15, -0.1) is 11.6 Å². The molecular weight excluding hydrogens is 314 g/mol. The van der Waals surface area contributed by atoms with Crippen LogP contribution in [0.25, 0.3) is 0 Å². The van der Waals surface area contributed by atoms with E-state index in [0.29, 0.717) is 0 Å². The van der Waals surface area contributed by atoms with E-state index in [-0.39, 0.29) is 22.5 Å². The predicted octanol–water partition coefficient (Wildman–Crippen LogP) is 5.28. The van der Waals surface area contributed by atoms with Crippen LogP contribution in [0.3, 0.4) is 0 Å². The molecule has 2 aromatic rings. The molecule has 0 fully saturated rings. The Morgan fingerprint density at radius 3 is 2.30 bits per heavy atom. The molecule has 1 aromatic heterocycles. The predicted molar refractivity (Wildman–Crippen MR) is 70.3 cm³/mol. The Hall–Kier alpha value is -1.46. The number of pyridine rings is 1. The highest BCUT2D eigenvalue weighted by atomic mass is 35.5. The van der Waals surface area contributed by atoms with Gasteiger partial charge in [-0.05, 0) is 35.9 Å². The molecule has 0 N–H and O–H groups in total. The van der Waals surface area contributed by atoms with Crippen LogP contribution >= 0.6 is 23.2 Å². The minimum Gasteiger partial charge on any atom is -0.438 e. The van der Waals surface area contributed by atoms with Crippen LogP contribution in [0.15, 0.2) is 36.5 Å². The highest BCUT2D eigenvalue weighted by Crippen LogP contribution is 2.32. The van der Waals surface area contributed by atoms with Gasteiger partial charge in [-0.2, -0.15) is 13.2 Å². The van der Waals surface area contributed by atoms with Gasteiger partial charge in [0.2, 0.25) is 5.88 Å². The van der Waals surface area contributed by atoms with Gasteiger partial charge < -0.3 is 4.74 Å². The van der Waals surface area contributed by atoms with Crippen LogP contribution in [0.4, 0.5) is 13.2 Å². The lowest BCUT2D eigenvalue weighted by Gasteiger charge is -2.09.